The number of ether oxygens (including phenoxy) is 1. The summed E-state index contributed by atoms with van der Waals surface area (Å²) in [4.78, 5) is 4.00. The number of nitrogens with one attached hydrogen (secondary N) is 1. The fourth-order valence-electron chi connectivity index (χ4n) is 1.82. The van der Waals surface area contributed by atoms with Crippen molar-refractivity contribution in [3.05, 3.63) is 47.2 Å². The Kier molecular flexibility index (Phi) is 4.12. The standard InChI is InChI=1S/C14H15ClN2O2/c1-9(17-12-4-3-7-16-14(12)15)11-6-5-10(19-2)8-13(11)18/h3-9,17-18H,1-2H3. The van der Waals surface area contributed by atoms with Crippen molar-refractivity contribution >= 4 is 17.3 Å². The molecule has 0 aliphatic heterocycles. The van der Waals surface area contributed by atoms with Crippen molar-refractivity contribution in [2.75, 3.05) is 12.4 Å². The second-order valence-corrected chi connectivity index (χ2v) is 4.49. The summed E-state index contributed by atoms with van der Waals surface area (Å²) in [5.41, 5.74) is 1.49. The van der Waals surface area contributed by atoms with Gasteiger partial charge in [0, 0.05) is 17.8 Å². The number of aromatic hydroxyl groups is 1. The third-order valence-corrected chi connectivity index (χ3v) is 3.14. The Balaban J connectivity index is 2.21. The summed E-state index contributed by atoms with van der Waals surface area (Å²) in [5, 5.41) is 13.6. The molecule has 0 saturated carbocycles. The van der Waals surface area contributed by atoms with Crippen LogP contribution in [0.1, 0.15) is 18.5 Å². The lowest BCUT2D eigenvalue weighted by Crippen LogP contribution is -2.07. The highest BCUT2D eigenvalue weighted by Gasteiger charge is 2.12. The molecule has 0 amide bonds. The largest absolute Gasteiger partial charge is 0.507 e. The van der Waals surface area contributed by atoms with E-state index in [-0.39, 0.29) is 11.8 Å². The van der Waals surface area contributed by atoms with E-state index < -0.39 is 0 Å². The number of halogens is 1. The number of aromatic nitrogens is 1. The van der Waals surface area contributed by atoms with Gasteiger partial charge in [0.15, 0.2) is 5.15 Å². The first-order valence-electron chi connectivity index (χ1n) is 5.85. The van der Waals surface area contributed by atoms with Gasteiger partial charge in [0.25, 0.3) is 0 Å². The summed E-state index contributed by atoms with van der Waals surface area (Å²) in [6.45, 7) is 1.94. The lowest BCUT2D eigenvalue weighted by Gasteiger charge is -2.17. The van der Waals surface area contributed by atoms with Crippen molar-refractivity contribution in [1.82, 2.24) is 4.98 Å². The Morgan fingerprint density at radius 1 is 1.37 bits per heavy atom. The summed E-state index contributed by atoms with van der Waals surface area (Å²) in [6.07, 6.45) is 1.63. The smallest absolute Gasteiger partial charge is 0.152 e. The third kappa shape index (κ3) is 3.09. The van der Waals surface area contributed by atoms with Crippen LogP contribution in [0.3, 0.4) is 0 Å². The highest BCUT2D eigenvalue weighted by Crippen LogP contribution is 2.31. The van der Waals surface area contributed by atoms with Crippen LogP contribution in [0.4, 0.5) is 5.69 Å². The molecule has 2 N–H and O–H groups in total. The van der Waals surface area contributed by atoms with Gasteiger partial charge in [-0.05, 0) is 31.2 Å². The number of rotatable bonds is 4. The van der Waals surface area contributed by atoms with Crippen LogP contribution in [0.5, 0.6) is 11.5 Å². The molecular formula is C14H15ClN2O2. The Bertz CT molecular complexity index is 575. The van der Waals surface area contributed by atoms with Crippen LogP contribution < -0.4 is 10.1 Å². The highest BCUT2D eigenvalue weighted by molar-refractivity contribution is 6.31. The van der Waals surface area contributed by atoms with Gasteiger partial charge in [0.1, 0.15) is 11.5 Å². The number of hydrogen-bond donors (Lipinski definition) is 2. The quantitative estimate of drug-likeness (QED) is 0.839. The Labute approximate surface area is 117 Å². The molecule has 1 aromatic carbocycles. The topological polar surface area (TPSA) is 54.4 Å². The minimum absolute atomic E-state index is 0.104. The maximum Gasteiger partial charge on any atom is 0.152 e. The van der Waals surface area contributed by atoms with E-state index in [1.54, 1.807) is 31.5 Å². The van der Waals surface area contributed by atoms with Crippen molar-refractivity contribution in [1.29, 1.82) is 0 Å². The van der Waals surface area contributed by atoms with Crippen LogP contribution in [-0.2, 0) is 0 Å². The van der Waals surface area contributed by atoms with Crippen LogP contribution in [0.15, 0.2) is 36.5 Å². The molecule has 100 valence electrons. The van der Waals surface area contributed by atoms with E-state index >= 15 is 0 Å². The van der Waals surface area contributed by atoms with E-state index in [4.69, 9.17) is 16.3 Å². The van der Waals surface area contributed by atoms with Crippen molar-refractivity contribution in [3.8, 4) is 11.5 Å². The monoisotopic (exact) mass is 278 g/mol. The van der Waals surface area contributed by atoms with Crippen molar-refractivity contribution < 1.29 is 9.84 Å². The number of phenols is 1. The zero-order valence-electron chi connectivity index (χ0n) is 10.7. The molecule has 1 unspecified atom stereocenters. The second-order valence-electron chi connectivity index (χ2n) is 4.13. The van der Waals surface area contributed by atoms with E-state index in [9.17, 15) is 5.11 Å². The summed E-state index contributed by atoms with van der Waals surface area (Å²) in [7, 11) is 1.56. The maximum absolute atomic E-state index is 9.97. The van der Waals surface area contributed by atoms with Gasteiger partial charge >= 0.3 is 0 Å². The van der Waals surface area contributed by atoms with Gasteiger partial charge in [-0.3, -0.25) is 0 Å². The maximum atomic E-state index is 9.97. The fraction of sp³-hybridized carbons (Fsp3) is 0.214. The van der Waals surface area contributed by atoms with E-state index in [1.165, 1.54) is 0 Å². The number of phenolic OH excluding ortho intramolecular Hbond substituents is 1. The normalized spacial score (nSPS) is 11.9. The lowest BCUT2D eigenvalue weighted by molar-refractivity contribution is 0.406. The first-order valence-corrected chi connectivity index (χ1v) is 6.23. The number of benzene rings is 1. The molecule has 0 radical (unpaired) electrons. The molecule has 0 aliphatic rings. The van der Waals surface area contributed by atoms with E-state index in [0.717, 1.165) is 11.3 Å². The summed E-state index contributed by atoms with van der Waals surface area (Å²) in [5.74, 6) is 0.798. The van der Waals surface area contributed by atoms with Crippen LogP contribution in [0.25, 0.3) is 0 Å². The van der Waals surface area contributed by atoms with Gasteiger partial charge in [-0.25, -0.2) is 4.98 Å². The minimum atomic E-state index is -0.104. The second kappa shape index (κ2) is 5.80. The van der Waals surface area contributed by atoms with Gasteiger partial charge in [-0.2, -0.15) is 0 Å². The molecule has 1 heterocycles. The summed E-state index contributed by atoms with van der Waals surface area (Å²) in [6, 6.07) is 8.74. The van der Waals surface area contributed by atoms with Crippen LogP contribution in [0, 0.1) is 0 Å². The van der Waals surface area contributed by atoms with Gasteiger partial charge in [-0.15, -0.1) is 0 Å². The molecule has 0 saturated heterocycles. The summed E-state index contributed by atoms with van der Waals surface area (Å²) < 4.78 is 5.06. The van der Waals surface area contributed by atoms with E-state index in [0.29, 0.717) is 10.9 Å². The zero-order chi connectivity index (χ0) is 13.8. The number of anilines is 1. The van der Waals surface area contributed by atoms with Gasteiger partial charge in [-0.1, -0.05) is 11.6 Å². The molecule has 5 heteroatoms. The molecule has 0 fully saturated rings. The lowest BCUT2D eigenvalue weighted by atomic mass is 10.1. The molecular weight excluding hydrogens is 264 g/mol. The predicted octanol–water partition coefficient (Wildman–Crippen LogP) is 3.62. The molecule has 2 rings (SSSR count). The van der Waals surface area contributed by atoms with Crippen molar-refractivity contribution in [3.63, 3.8) is 0 Å². The SMILES string of the molecule is COc1ccc(C(C)Nc2cccnc2Cl)c(O)c1. The molecule has 1 aromatic heterocycles. The molecule has 19 heavy (non-hydrogen) atoms. The van der Waals surface area contributed by atoms with Crippen LogP contribution in [0.2, 0.25) is 5.15 Å². The first-order chi connectivity index (χ1) is 9.11. The Hall–Kier alpha value is -1.94. The van der Waals surface area contributed by atoms with Crippen LogP contribution in [-0.4, -0.2) is 17.2 Å². The van der Waals surface area contributed by atoms with Crippen molar-refractivity contribution in [2.45, 2.75) is 13.0 Å². The number of nitrogens with zero attached hydrogens (tertiary/aromatic N) is 1. The fourth-order valence-corrected chi connectivity index (χ4v) is 2.00. The molecule has 0 bridgehead atoms. The average Bonchev–Trinajstić information content (AvgIpc) is 2.41. The van der Waals surface area contributed by atoms with Crippen molar-refractivity contribution in [2.24, 2.45) is 0 Å². The molecule has 1 atom stereocenters. The number of methoxy groups -OCH3 is 1. The van der Waals surface area contributed by atoms with E-state index in [2.05, 4.69) is 10.3 Å². The number of hydrogen-bond acceptors (Lipinski definition) is 4. The first kappa shape index (κ1) is 13.5. The minimum Gasteiger partial charge on any atom is -0.507 e. The third-order valence-electron chi connectivity index (χ3n) is 2.84. The van der Waals surface area contributed by atoms with Gasteiger partial charge in [0.05, 0.1) is 18.8 Å². The predicted molar refractivity (Wildman–Crippen MR) is 75.9 cm³/mol. The average molecular weight is 279 g/mol. The molecule has 0 aliphatic carbocycles. The Morgan fingerprint density at radius 3 is 2.79 bits per heavy atom. The highest BCUT2D eigenvalue weighted by atomic mass is 35.5. The number of pyridine rings is 1. The summed E-state index contributed by atoms with van der Waals surface area (Å²) >= 11 is 5.99. The van der Waals surface area contributed by atoms with E-state index in [1.807, 2.05) is 19.1 Å². The molecule has 4 nitrogen and oxygen atoms in total. The van der Waals surface area contributed by atoms with Gasteiger partial charge in [0.2, 0.25) is 0 Å². The van der Waals surface area contributed by atoms with Gasteiger partial charge < -0.3 is 15.2 Å². The van der Waals surface area contributed by atoms with Crippen LogP contribution >= 0.6 is 11.6 Å². The Morgan fingerprint density at radius 2 is 2.16 bits per heavy atom. The molecule has 2 aromatic rings. The zero-order valence-corrected chi connectivity index (χ0v) is 11.5. The molecule has 0 spiro atoms.